The molecule has 0 aliphatic carbocycles. The minimum Gasteiger partial charge on any atom is -0.477 e. The van der Waals surface area contributed by atoms with E-state index in [0.717, 1.165) is 23.9 Å². The van der Waals surface area contributed by atoms with Crippen molar-refractivity contribution in [3.63, 3.8) is 0 Å². The number of rotatable bonds is 3. The molecule has 1 saturated heterocycles. The van der Waals surface area contributed by atoms with Gasteiger partial charge in [0, 0.05) is 18.8 Å². The number of carboxylic acid groups (broad SMARTS) is 1. The first-order valence-corrected chi connectivity index (χ1v) is 9.22. The SMILES string of the molecule is N#C/C(=C\c1ccc2c(ccc3cc(N4CCCCC4)ccc32)c1)C(=O)O. The molecule has 0 amide bonds. The fourth-order valence-corrected chi connectivity index (χ4v) is 3.82. The van der Waals surface area contributed by atoms with E-state index in [2.05, 4.69) is 35.2 Å². The molecule has 1 aliphatic heterocycles. The van der Waals surface area contributed by atoms with Gasteiger partial charge in [-0.1, -0.05) is 30.3 Å². The van der Waals surface area contributed by atoms with Crippen LogP contribution >= 0.6 is 0 Å². The average molecular weight is 356 g/mol. The summed E-state index contributed by atoms with van der Waals surface area (Å²) >= 11 is 0. The average Bonchev–Trinajstić information content (AvgIpc) is 2.71. The van der Waals surface area contributed by atoms with Gasteiger partial charge in [-0.25, -0.2) is 4.79 Å². The maximum absolute atomic E-state index is 11.0. The molecule has 1 fully saturated rings. The van der Waals surface area contributed by atoms with E-state index in [1.165, 1.54) is 41.8 Å². The minimum atomic E-state index is -1.21. The Morgan fingerprint density at radius 2 is 1.63 bits per heavy atom. The third-order valence-electron chi connectivity index (χ3n) is 5.23. The molecule has 1 aliphatic rings. The van der Waals surface area contributed by atoms with Crippen LogP contribution in [0, 0.1) is 11.3 Å². The van der Waals surface area contributed by atoms with Crippen LogP contribution in [0.4, 0.5) is 5.69 Å². The number of nitriles is 1. The molecule has 0 saturated carbocycles. The standard InChI is InChI=1S/C23H20N2O2/c24-15-19(23(26)27)13-16-4-8-21-17(12-16)5-6-18-14-20(7-9-22(18)21)25-10-2-1-3-11-25/h4-9,12-14H,1-3,10-11H2,(H,26,27)/b19-13+. The number of carboxylic acids is 1. The molecule has 1 heterocycles. The van der Waals surface area contributed by atoms with Crippen LogP contribution in [0.3, 0.4) is 0 Å². The van der Waals surface area contributed by atoms with Crippen LogP contribution < -0.4 is 4.90 Å². The number of nitrogens with zero attached hydrogens (tertiary/aromatic N) is 2. The highest BCUT2D eigenvalue weighted by Crippen LogP contribution is 2.30. The molecule has 0 spiro atoms. The summed E-state index contributed by atoms with van der Waals surface area (Å²) < 4.78 is 0. The summed E-state index contributed by atoms with van der Waals surface area (Å²) in [4.78, 5) is 13.5. The number of anilines is 1. The van der Waals surface area contributed by atoms with Crippen molar-refractivity contribution >= 4 is 39.3 Å². The van der Waals surface area contributed by atoms with Crippen molar-refractivity contribution in [2.24, 2.45) is 0 Å². The van der Waals surface area contributed by atoms with Gasteiger partial charge >= 0.3 is 5.97 Å². The van der Waals surface area contributed by atoms with E-state index in [-0.39, 0.29) is 5.57 Å². The lowest BCUT2D eigenvalue weighted by Crippen LogP contribution is -2.29. The molecule has 0 atom stereocenters. The minimum absolute atomic E-state index is 0.263. The van der Waals surface area contributed by atoms with Crippen molar-refractivity contribution in [1.29, 1.82) is 5.26 Å². The monoisotopic (exact) mass is 356 g/mol. The van der Waals surface area contributed by atoms with Gasteiger partial charge in [0.05, 0.1) is 0 Å². The third kappa shape index (κ3) is 3.37. The van der Waals surface area contributed by atoms with E-state index in [1.807, 2.05) is 18.2 Å². The highest BCUT2D eigenvalue weighted by molar-refractivity contribution is 6.09. The van der Waals surface area contributed by atoms with Crippen LogP contribution in [0.5, 0.6) is 0 Å². The number of piperidine rings is 1. The number of benzene rings is 3. The Kier molecular flexibility index (Phi) is 4.52. The number of hydrogen-bond donors (Lipinski definition) is 1. The first-order valence-electron chi connectivity index (χ1n) is 9.22. The van der Waals surface area contributed by atoms with E-state index in [9.17, 15) is 4.79 Å². The maximum Gasteiger partial charge on any atom is 0.346 e. The lowest BCUT2D eigenvalue weighted by atomic mass is 9.98. The third-order valence-corrected chi connectivity index (χ3v) is 5.23. The smallest absolute Gasteiger partial charge is 0.346 e. The van der Waals surface area contributed by atoms with E-state index in [1.54, 1.807) is 6.07 Å². The summed E-state index contributed by atoms with van der Waals surface area (Å²) in [7, 11) is 0. The van der Waals surface area contributed by atoms with Crippen LogP contribution in [0.25, 0.3) is 27.6 Å². The quantitative estimate of drug-likeness (QED) is 0.409. The fraction of sp³-hybridized carbons (Fsp3) is 0.217. The van der Waals surface area contributed by atoms with Gasteiger partial charge in [-0.15, -0.1) is 0 Å². The van der Waals surface area contributed by atoms with Gasteiger partial charge < -0.3 is 10.0 Å². The second-order valence-electron chi connectivity index (χ2n) is 6.97. The highest BCUT2D eigenvalue weighted by Gasteiger charge is 2.12. The number of aliphatic carboxylic acids is 1. The Labute approximate surface area is 157 Å². The van der Waals surface area contributed by atoms with Gasteiger partial charge in [0.2, 0.25) is 0 Å². The zero-order valence-electron chi connectivity index (χ0n) is 15.0. The Balaban J connectivity index is 1.75. The van der Waals surface area contributed by atoms with Crippen molar-refractivity contribution in [1.82, 2.24) is 0 Å². The molecule has 0 aromatic heterocycles. The van der Waals surface area contributed by atoms with Gasteiger partial charge in [-0.2, -0.15) is 5.26 Å². The van der Waals surface area contributed by atoms with Crippen LogP contribution in [0.15, 0.2) is 54.1 Å². The second kappa shape index (κ2) is 7.13. The van der Waals surface area contributed by atoms with Gasteiger partial charge in [0.15, 0.2) is 0 Å². The molecule has 134 valence electrons. The lowest BCUT2D eigenvalue weighted by molar-refractivity contribution is -0.132. The topological polar surface area (TPSA) is 64.3 Å². The Morgan fingerprint density at radius 1 is 0.963 bits per heavy atom. The van der Waals surface area contributed by atoms with Crippen molar-refractivity contribution < 1.29 is 9.90 Å². The largest absolute Gasteiger partial charge is 0.477 e. The molecule has 1 N–H and O–H groups in total. The molecule has 4 heteroatoms. The molecule has 0 radical (unpaired) electrons. The zero-order chi connectivity index (χ0) is 18.8. The molecule has 27 heavy (non-hydrogen) atoms. The lowest BCUT2D eigenvalue weighted by Gasteiger charge is -2.29. The number of carbonyl (C=O) groups is 1. The molecule has 3 aromatic rings. The first kappa shape index (κ1) is 17.1. The van der Waals surface area contributed by atoms with E-state index < -0.39 is 5.97 Å². The predicted molar refractivity (Wildman–Crippen MR) is 109 cm³/mol. The normalized spacial score (nSPS) is 15.1. The van der Waals surface area contributed by atoms with Gasteiger partial charge in [0.25, 0.3) is 0 Å². The van der Waals surface area contributed by atoms with E-state index >= 15 is 0 Å². The molecule has 3 aromatic carbocycles. The van der Waals surface area contributed by atoms with Gasteiger partial charge in [-0.3, -0.25) is 0 Å². The number of fused-ring (bicyclic) bond motifs is 3. The summed E-state index contributed by atoms with van der Waals surface area (Å²) in [5.41, 5.74) is 1.73. The molecule has 0 bridgehead atoms. The first-order chi connectivity index (χ1) is 13.2. The Bertz CT molecular complexity index is 1100. The molecule has 4 nitrogen and oxygen atoms in total. The van der Waals surface area contributed by atoms with Crippen LogP contribution in [0.2, 0.25) is 0 Å². The van der Waals surface area contributed by atoms with Gasteiger partial charge in [-0.05, 0) is 70.6 Å². The van der Waals surface area contributed by atoms with Crippen molar-refractivity contribution in [2.45, 2.75) is 19.3 Å². The summed E-state index contributed by atoms with van der Waals surface area (Å²) in [5.74, 6) is -1.21. The van der Waals surface area contributed by atoms with Crippen molar-refractivity contribution in [3.8, 4) is 6.07 Å². The second-order valence-corrected chi connectivity index (χ2v) is 6.97. The van der Waals surface area contributed by atoms with Crippen LogP contribution in [-0.2, 0) is 4.79 Å². The fourth-order valence-electron chi connectivity index (χ4n) is 3.82. The summed E-state index contributed by atoms with van der Waals surface area (Å²) in [6, 6.07) is 18.3. The molecular formula is C23H20N2O2. The summed E-state index contributed by atoms with van der Waals surface area (Å²) in [5, 5.41) is 22.5. The van der Waals surface area contributed by atoms with Crippen LogP contribution in [0.1, 0.15) is 24.8 Å². The van der Waals surface area contributed by atoms with Crippen LogP contribution in [-0.4, -0.2) is 24.2 Å². The van der Waals surface area contributed by atoms with E-state index in [4.69, 9.17) is 10.4 Å². The zero-order valence-corrected chi connectivity index (χ0v) is 15.0. The van der Waals surface area contributed by atoms with Crippen molar-refractivity contribution in [3.05, 3.63) is 59.7 Å². The molecule has 4 rings (SSSR count). The Morgan fingerprint density at radius 3 is 2.30 bits per heavy atom. The summed E-state index contributed by atoms with van der Waals surface area (Å²) in [6.07, 6.45) is 5.24. The van der Waals surface area contributed by atoms with Crippen molar-refractivity contribution in [2.75, 3.05) is 18.0 Å². The Hall–Kier alpha value is -3.32. The molecular weight excluding hydrogens is 336 g/mol. The highest BCUT2D eigenvalue weighted by atomic mass is 16.4. The van der Waals surface area contributed by atoms with Gasteiger partial charge in [0.1, 0.15) is 11.6 Å². The molecule has 0 unspecified atom stereocenters. The summed E-state index contributed by atoms with van der Waals surface area (Å²) in [6.45, 7) is 2.25. The number of hydrogen-bond acceptors (Lipinski definition) is 3. The van der Waals surface area contributed by atoms with E-state index in [0.29, 0.717) is 5.56 Å². The maximum atomic E-state index is 11.0. The predicted octanol–water partition coefficient (Wildman–Crippen LogP) is 4.97.